The Morgan fingerprint density at radius 3 is 2.33 bits per heavy atom. The van der Waals surface area contributed by atoms with E-state index in [0.717, 1.165) is 12.8 Å². The van der Waals surface area contributed by atoms with Crippen molar-refractivity contribution in [2.75, 3.05) is 7.11 Å². The van der Waals surface area contributed by atoms with Crippen LogP contribution in [0.2, 0.25) is 0 Å². The molecule has 70 valence electrons. The fourth-order valence-electron chi connectivity index (χ4n) is 2.44. The summed E-state index contributed by atoms with van der Waals surface area (Å²) in [5.41, 5.74) is -0.166. The molecule has 0 aromatic carbocycles. The van der Waals surface area contributed by atoms with E-state index in [-0.39, 0.29) is 11.7 Å². The third kappa shape index (κ3) is 1.27. The van der Waals surface area contributed by atoms with Gasteiger partial charge in [-0.15, -0.1) is 0 Å². The van der Waals surface area contributed by atoms with Gasteiger partial charge in [0.05, 0.1) is 11.7 Å². The quantitative estimate of drug-likeness (QED) is 0.698. The van der Waals surface area contributed by atoms with Crippen LogP contribution in [0.4, 0.5) is 0 Å². The Labute approximate surface area is 73.9 Å². The molecule has 2 nitrogen and oxygen atoms in total. The van der Waals surface area contributed by atoms with E-state index in [4.69, 9.17) is 4.74 Å². The van der Waals surface area contributed by atoms with Crippen LogP contribution in [0.15, 0.2) is 0 Å². The average molecular weight is 170 g/mol. The molecule has 2 aliphatic rings. The smallest absolute Gasteiger partial charge is 0.0939 e. The molecule has 0 aromatic heterocycles. The summed E-state index contributed by atoms with van der Waals surface area (Å²) in [6.07, 6.45) is 6.76. The topological polar surface area (TPSA) is 29.5 Å². The zero-order chi connectivity index (χ0) is 8.60. The molecule has 12 heavy (non-hydrogen) atoms. The maximum atomic E-state index is 10.0. The predicted octanol–water partition coefficient (Wildman–Crippen LogP) is 1.72. The minimum atomic E-state index is -0.190. The summed E-state index contributed by atoms with van der Waals surface area (Å²) in [5.74, 6) is 0.544. The number of rotatable bonds is 3. The zero-order valence-corrected chi connectivity index (χ0v) is 7.75. The van der Waals surface area contributed by atoms with Crippen LogP contribution >= 0.6 is 0 Å². The number of aliphatic hydroxyl groups is 1. The summed E-state index contributed by atoms with van der Waals surface area (Å²) in [6, 6.07) is 0. The lowest BCUT2D eigenvalue weighted by atomic mass is 9.91. The normalized spacial score (nSPS) is 30.5. The van der Waals surface area contributed by atoms with E-state index in [1.165, 1.54) is 25.7 Å². The van der Waals surface area contributed by atoms with Crippen molar-refractivity contribution in [3.05, 3.63) is 0 Å². The SMILES string of the molecule is COC1(C(O)C2CC2)CCCC1. The van der Waals surface area contributed by atoms with Gasteiger partial charge in [-0.3, -0.25) is 0 Å². The molecule has 2 saturated carbocycles. The van der Waals surface area contributed by atoms with Crippen molar-refractivity contribution in [3.8, 4) is 0 Å². The predicted molar refractivity (Wildman–Crippen MR) is 46.9 cm³/mol. The highest BCUT2D eigenvalue weighted by atomic mass is 16.5. The van der Waals surface area contributed by atoms with Crippen molar-refractivity contribution >= 4 is 0 Å². The van der Waals surface area contributed by atoms with Crippen LogP contribution in [0.25, 0.3) is 0 Å². The Morgan fingerprint density at radius 2 is 1.92 bits per heavy atom. The fourth-order valence-corrected chi connectivity index (χ4v) is 2.44. The van der Waals surface area contributed by atoms with E-state index in [2.05, 4.69) is 0 Å². The van der Waals surface area contributed by atoms with E-state index in [0.29, 0.717) is 5.92 Å². The lowest BCUT2D eigenvalue weighted by Gasteiger charge is -2.32. The molecule has 2 fully saturated rings. The van der Waals surface area contributed by atoms with Gasteiger partial charge in [0.1, 0.15) is 0 Å². The number of hydrogen-bond donors (Lipinski definition) is 1. The van der Waals surface area contributed by atoms with Gasteiger partial charge in [0, 0.05) is 7.11 Å². The highest BCUT2D eigenvalue weighted by Crippen LogP contribution is 2.45. The van der Waals surface area contributed by atoms with Gasteiger partial charge in [-0.05, 0) is 31.6 Å². The largest absolute Gasteiger partial charge is 0.390 e. The first kappa shape index (κ1) is 8.52. The maximum absolute atomic E-state index is 10.0. The van der Waals surface area contributed by atoms with E-state index in [1.807, 2.05) is 0 Å². The highest BCUT2D eigenvalue weighted by Gasteiger charge is 2.47. The first-order valence-electron chi connectivity index (χ1n) is 5.02. The van der Waals surface area contributed by atoms with Crippen LogP contribution in [-0.4, -0.2) is 23.9 Å². The Balaban J connectivity index is 2.03. The van der Waals surface area contributed by atoms with Crippen molar-refractivity contribution in [1.29, 1.82) is 0 Å². The Kier molecular flexibility index (Phi) is 2.13. The summed E-state index contributed by atoms with van der Waals surface area (Å²) < 4.78 is 5.51. The number of methoxy groups -OCH3 is 1. The van der Waals surface area contributed by atoms with Crippen molar-refractivity contribution in [2.45, 2.75) is 50.2 Å². The van der Waals surface area contributed by atoms with Crippen LogP contribution < -0.4 is 0 Å². The Bertz CT molecular complexity index is 157. The van der Waals surface area contributed by atoms with Crippen LogP contribution in [0.5, 0.6) is 0 Å². The van der Waals surface area contributed by atoms with Gasteiger partial charge >= 0.3 is 0 Å². The van der Waals surface area contributed by atoms with Gasteiger partial charge in [0.25, 0.3) is 0 Å². The van der Waals surface area contributed by atoms with Gasteiger partial charge in [-0.1, -0.05) is 12.8 Å². The fraction of sp³-hybridized carbons (Fsp3) is 1.00. The molecule has 2 heteroatoms. The highest BCUT2D eigenvalue weighted by molar-refractivity contribution is 4.99. The lowest BCUT2D eigenvalue weighted by molar-refractivity contribution is -0.106. The maximum Gasteiger partial charge on any atom is 0.0939 e. The van der Waals surface area contributed by atoms with E-state index in [1.54, 1.807) is 7.11 Å². The van der Waals surface area contributed by atoms with E-state index >= 15 is 0 Å². The van der Waals surface area contributed by atoms with Crippen molar-refractivity contribution in [1.82, 2.24) is 0 Å². The first-order valence-corrected chi connectivity index (χ1v) is 5.02. The van der Waals surface area contributed by atoms with Crippen molar-refractivity contribution in [2.24, 2.45) is 5.92 Å². The molecule has 0 heterocycles. The Hall–Kier alpha value is -0.0800. The van der Waals surface area contributed by atoms with Crippen molar-refractivity contribution in [3.63, 3.8) is 0 Å². The van der Waals surface area contributed by atoms with Gasteiger partial charge in [0.15, 0.2) is 0 Å². The third-order valence-electron chi connectivity index (χ3n) is 3.46. The van der Waals surface area contributed by atoms with Crippen molar-refractivity contribution < 1.29 is 9.84 Å². The summed E-state index contributed by atoms with van der Waals surface area (Å²) >= 11 is 0. The molecule has 1 atom stereocenters. The van der Waals surface area contributed by atoms with E-state index in [9.17, 15) is 5.11 Å². The minimum absolute atomic E-state index is 0.166. The standard InChI is InChI=1S/C10H18O2/c1-12-10(6-2-3-7-10)9(11)8-4-5-8/h8-9,11H,2-7H2,1H3. The van der Waals surface area contributed by atoms with Gasteiger partial charge in [-0.2, -0.15) is 0 Å². The van der Waals surface area contributed by atoms with Crippen LogP contribution in [0, 0.1) is 5.92 Å². The van der Waals surface area contributed by atoms with Gasteiger partial charge < -0.3 is 9.84 Å². The summed E-state index contributed by atoms with van der Waals surface area (Å²) in [6.45, 7) is 0. The molecule has 1 unspecified atom stereocenters. The average Bonchev–Trinajstić information content (AvgIpc) is 2.83. The molecule has 0 radical (unpaired) electrons. The van der Waals surface area contributed by atoms with Gasteiger partial charge in [0.2, 0.25) is 0 Å². The lowest BCUT2D eigenvalue weighted by Crippen LogP contribution is -2.42. The summed E-state index contributed by atoms with van der Waals surface area (Å²) in [7, 11) is 1.75. The molecule has 0 amide bonds. The van der Waals surface area contributed by atoms with E-state index < -0.39 is 0 Å². The van der Waals surface area contributed by atoms with Crippen LogP contribution in [0.3, 0.4) is 0 Å². The molecule has 2 rings (SSSR count). The second kappa shape index (κ2) is 3.00. The molecule has 0 aromatic rings. The molecule has 0 bridgehead atoms. The number of ether oxygens (including phenoxy) is 1. The number of hydrogen-bond acceptors (Lipinski definition) is 2. The molecule has 2 aliphatic carbocycles. The second-order valence-electron chi connectivity index (χ2n) is 4.26. The molecule has 0 saturated heterocycles. The first-order chi connectivity index (χ1) is 5.78. The van der Waals surface area contributed by atoms with Crippen LogP contribution in [-0.2, 0) is 4.74 Å². The molecular weight excluding hydrogens is 152 g/mol. The van der Waals surface area contributed by atoms with Crippen LogP contribution in [0.1, 0.15) is 38.5 Å². The monoisotopic (exact) mass is 170 g/mol. The third-order valence-corrected chi connectivity index (χ3v) is 3.46. The molecule has 0 aliphatic heterocycles. The summed E-state index contributed by atoms with van der Waals surface area (Å²) in [5, 5.41) is 10.0. The number of aliphatic hydroxyl groups excluding tert-OH is 1. The minimum Gasteiger partial charge on any atom is -0.390 e. The van der Waals surface area contributed by atoms with Gasteiger partial charge in [-0.25, -0.2) is 0 Å². The molecular formula is C10H18O2. The molecule has 1 N–H and O–H groups in total. The molecule has 0 spiro atoms. The Morgan fingerprint density at radius 1 is 1.33 bits per heavy atom. The summed E-state index contributed by atoms with van der Waals surface area (Å²) in [4.78, 5) is 0. The zero-order valence-electron chi connectivity index (χ0n) is 7.75. The second-order valence-corrected chi connectivity index (χ2v) is 4.26.